The lowest BCUT2D eigenvalue weighted by atomic mass is 10.2. The Hall–Kier alpha value is -3.16. The van der Waals surface area contributed by atoms with Crippen LogP contribution in [0.15, 0.2) is 30.3 Å². The lowest BCUT2D eigenvalue weighted by Crippen LogP contribution is -2.41. The van der Waals surface area contributed by atoms with Gasteiger partial charge in [-0.1, -0.05) is 0 Å². The van der Waals surface area contributed by atoms with Gasteiger partial charge >= 0.3 is 0 Å². The van der Waals surface area contributed by atoms with Crippen molar-refractivity contribution in [1.82, 2.24) is 15.4 Å². The molecule has 0 spiro atoms. The summed E-state index contributed by atoms with van der Waals surface area (Å²) < 4.78 is 2.03. The topological polar surface area (TPSA) is 106 Å². The van der Waals surface area contributed by atoms with Crippen molar-refractivity contribution in [3.05, 3.63) is 63.0 Å². The zero-order valence-electron chi connectivity index (χ0n) is 14.5. The Balaban J connectivity index is 2.06. The van der Waals surface area contributed by atoms with Crippen LogP contribution >= 0.6 is 0 Å². The van der Waals surface area contributed by atoms with Gasteiger partial charge in [0.1, 0.15) is 0 Å². The van der Waals surface area contributed by atoms with E-state index in [1.807, 2.05) is 32.3 Å². The number of nitro benzene ring substituents is 1. The summed E-state index contributed by atoms with van der Waals surface area (Å²) in [6.07, 6.45) is 0. The van der Waals surface area contributed by atoms with E-state index < -0.39 is 16.7 Å². The van der Waals surface area contributed by atoms with Crippen LogP contribution in [0.1, 0.15) is 52.0 Å². The van der Waals surface area contributed by atoms with Gasteiger partial charge in [-0.25, -0.2) is 0 Å². The first-order valence-corrected chi connectivity index (χ1v) is 7.76. The highest BCUT2D eigenvalue weighted by Crippen LogP contribution is 2.19. The van der Waals surface area contributed by atoms with Gasteiger partial charge in [-0.3, -0.25) is 30.6 Å². The molecule has 1 heterocycles. The molecule has 2 aromatic rings. The second-order valence-electron chi connectivity index (χ2n) is 5.96. The Kier molecular flexibility index (Phi) is 5.21. The third-order valence-corrected chi connectivity index (χ3v) is 3.88. The highest BCUT2D eigenvalue weighted by Gasteiger charge is 2.18. The lowest BCUT2D eigenvalue weighted by Gasteiger charge is -2.13. The summed E-state index contributed by atoms with van der Waals surface area (Å²) in [7, 11) is 0. The van der Waals surface area contributed by atoms with E-state index in [2.05, 4.69) is 10.9 Å². The van der Waals surface area contributed by atoms with Crippen molar-refractivity contribution in [2.24, 2.45) is 0 Å². The highest BCUT2D eigenvalue weighted by atomic mass is 16.6. The van der Waals surface area contributed by atoms with Gasteiger partial charge in [-0.2, -0.15) is 0 Å². The third-order valence-electron chi connectivity index (χ3n) is 3.88. The van der Waals surface area contributed by atoms with Crippen molar-refractivity contribution in [3.63, 3.8) is 0 Å². The van der Waals surface area contributed by atoms with E-state index in [0.717, 1.165) is 11.4 Å². The van der Waals surface area contributed by atoms with Crippen LogP contribution in [-0.2, 0) is 0 Å². The van der Waals surface area contributed by atoms with Crippen molar-refractivity contribution < 1.29 is 14.5 Å². The van der Waals surface area contributed by atoms with Gasteiger partial charge in [0, 0.05) is 35.1 Å². The van der Waals surface area contributed by atoms with E-state index in [9.17, 15) is 19.7 Å². The summed E-state index contributed by atoms with van der Waals surface area (Å²) in [6, 6.07) is 7.09. The molecule has 0 saturated heterocycles. The molecule has 1 aromatic carbocycles. The average molecular weight is 344 g/mol. The second-order valence-corrected chi connectivity index (χ2v) is 5.96. The van der Waals surface area contributed by atoms with Gasteiger partial charge in [-0.15, -0.1) is 0 Å². The molecule has 0 bridgehead atoms. The molecule has 0 atom stereocenters. The standard InChI is InChI=1S/C17H20N4O4/c1-10(2)20-11(3)9-15(12(20)4)17(23)19-18-16(22)13-5-7-14(8-6-13)21(24)25/h5-10H,1-4H3,(H,18,22)(H,19,23). The van der Waals surface area contributed by atoms with Crippen LogP contribution in [0.2, 0.25) is 0 Å². The molecule has 0 fully saturated rings. The molecule has 8 heteroatoms. The molecule has 0 aliphatic rings. The molecule has 0 saturated carbocycles. The SMILES string of the molecule is Cc1cc(C(=O)NNC(=O)c2ccc([N+](=O)[O-])cc2)c(C)n1C(C)C. The molecule has 132 valence electrons. The van der Waals surface area contributed by atoms with Crippen molar-refractivity contribution in [1.29, 1.82) is 0 Å². The quantitative estimate of drug-likeness (QED) is 0.657. The number of nitro groups is 1. The van der Waals surface area contributed by atoms with Crippen molar-refractivity contribution >= 4 is 17.5 Å². The Morgan fingerprint density at radius 3 is 2.12 bits per heavy atom. The maximum absolute atomic E-state index is 12.3. The lowest BCUT2D eigenvalue weighted by molar-refractivity contribution is -0.384. The van der Waals surface area contributed by atoms with Gasteiger partial charge in [-0.05, 0) is 45.9 Å². The van der Waals surface area contributed by atoms with Crippen LogP contribution in [0.25, 0.3) is 0 Å². The van der Waals surface area contributed by atoms with Gasteiger partial charge in [0.25, 0.3) is 17.5 Å². The van der Waals surface area contributed by atoms with Gasteiger partial charge < -0.3 is 4.57 Å². The molecular weight excluding hydrogens is 324 g/mol. The first kappa shape index (κ1) is 18.2. The molecular formula is C17H20N4O4. The van der Waals surface area contributed by atoms with Crippen molar-refractivity contribution in [3.8, 4) is 0 Å². The maximum atomic E-state index is 12.3. The molecule has 0 radical (unpaired) electrons. The molecule has 2 amide bonds. The minimum Gasteiger partial charge on any atom is -0.346 e. The Bertz CT molecular complexity index is 822. The summed E-state index contributed by atoms with van der Waals surface area (Å²) >= 11 is 0. The molecule has 25 heavy (non-hydrogen) atoms. The number of benzene rings is 1. The monoisotopic (exact) mass is 344 g/mol. The van der Waals surface area contributed by atoms with E-state index in [4.69, 9.17) is 0 Å². The summed E-state index contributed by atoms with van der Waals surface area (Å²) in [5, 5.41) is 10.6. The van der Waals surface area contributed by atoms with Crippen LogP contribution in [0.4, 0.5) is 5.69 Å². The Morgan fingerprint density at radius 2 is 1.64 bits per heavy atom. The minimum atomic E-state index is -0.555. The molecule has 2 N–H and O–H groups in total. The molecule has 0 aliphatic heterocycles. The van der Waals surface area contributed by atoms with E-state index in [-0.39, 0.29) is 17.3 Å². The number of carbonyl (C=O) groups is 2. The van der Waals surface area contributed by atoms with Crippen LogP contribution in [0, 0.1) is 24.0 Å². The van der Waals surface area contributed by atoms with E-state index in [0.29, 0.717) is 5.56 Å². The molecule has 0 unspecified atom stereocenters. The zero-order chi connectivity index (χ0) is 18.7. The molecule has 2 rings (SSSR count). The third kappa shape index (κ3) is 3.85. The fourth-order valence-electron chi connectivity index (χ4n) is 2.79. The van der Waals surface area contributed by atoms with Crippen LogP contribution < -0.4 is 10.9 Å². The van der Waals surface area contributed by atoms with Crippen molar-refractivity contribution in [2.45, 2.75) is 33.7 Å². The summed E-state index contributed by atoms with van der Waals surface area (Å²) in [5.74, 6) is -0.976. The van der Waals surface area contributed by atoms with E-state index >= 15 is 0 Å². The first-order chi connectivity index (χ1) is 11.7. The number of carbonyl (C=O) groups excluding carboxylic acids is 2. The summed E-state index contributed by atoms with van der Waals surface area (Å²) in [4.78, 5) is 34.4. The number of nitrogens with zero attached hydrogens (tertiary/aromatic N) is 2. The zero-order valence-corrected chi connectivity index (χ0v) is 14.5. The van der Waals surface area contributed by atoms with Crippen LogP contribution in [-0.4, -0.2) is 21.3 Å². The van der Waals surface area contributed by atoms with Crippen molar-refractivity contribution in [2.75, 3.05) is 0 Å². The van der Waals surface area contributed by atoms with Crippen LogP contribution in [0.3, 0.4) is 0 Å². The number of nitrogens with one attached hydrogen (secondary N) is 2. The number of hydrazine groups is 1. The Morgan fingerprint density at radius 1 is 1.08 bits per heavy atom. The average Bonchev–Trinajstić information content (AvgIpc) is 2.87. The maximum Gasteiger partial charge on any atom is 0.271 e. The number of rotatable bonds is 4. The normalized spacial score (nSPS) is 10.6. The minimum absolute atomic E-state index is 0.110. The van der Waals surface area contributed by atoms with Crippen LogP contribution in [0.5, 0.6) is 0 Å². The smallest absolute Gasteiger partial charge is 0.271 e. The number of aromatic nitrogens is 1. The van der Waals surface area contributed by atoms with E-state index in [1.54, 1.807) is 6.07 Å². The largest absolute Gasteiger partial charge is 0.346 e. The fraction of sp³-hybridized carbons (Fsp3) is 0.294. The van der Waals surface area contributed by atoms with Gasteiger partial charge in [0.15, 0.2) is 0 Å². The number of hydrogen-bond acceptors (Lipinski definition) is 4. The second kappa shape index (κ2) is 7.16. The first-order valence-electron chi connectivity index (χ1n) is 7.76. The molecule has 0 aliphatic carbocycles. The number of hydrogen-bond donors (Lipinski definition) is 2. The number of non-ortho nitro benzene ring substituents is 1. The van der Waals surface area contributed by atoms with Gasteiger partial charge in [0.2, 0.25) is 0 Å². The molecule has 1 aromatic heterocycles. The number of amides is 2. The predicted octanol–water partition coefficient (Wildman–Crippen LogP) is 2.67. The summed E-state index contributed by atoms with van der Waals surface area (Å²) in [6.45, 7) is 7.81. The Labute approximate surface area is 145 Å². The highest BCUT2D eigenvalue weighted by molar-refractivity contribution is 5.99. The van der Waals surface area contributed by atoms with E-state index in [1.165, 1.54) is 24.3 Å². The fourth-order valence-corrected chi connectivity index (χ4v) is 2.79. The van der Waals surface area contributed by atoms with Gasteiger partial charge in [0.05, 0.1) is 10.5 Å². The predicted molar refractivity (Wildman–Crippen MR) is 92.3 cm³/mol. The summed E-state index contributed by atoms with van der Waals surface area (Å²) in [5.41, 5.74) is 7.03. The number of aryl methyl sites for hydroxylation is 1. The molecule has 8 nitrogen and oxygen atoms in total.